The first kappa shape index (κ1) is 14.9. The zero-order valence-electron chi connectivity index (χ0n) is 9.95. The van der Waals surface area contributed by atoms with Crippen molar-refractivity contribution in [2.75, 3.05) is 20.3 Å². The molecule has 94 valence electrons. The molecule has 0 fully saturated rings. The molecule has 0 aliphatic carbocycles. The molecule has 3 N–H and O–H groups in total. The molecule has 0 bridgehead atoms. The summed E-state index contributed by atoms with van der Waals surface area (Å²) in [5, 5.41) is 14.4. The number of aliphatic hydroxyl groups excluding tert-OH is 1. The van der Waals surface area contributed by atoms with Gasteiger partial charge in [0.25, 0.3) is 0 Å². The van der Waals surface area contributed by atoms with E-state index in [0.717, 1.165) is 6.42 Å². The zero-order valence-corrected chi connectivity index (χ0v) is 9.95. The Hall–Kier alpha value is -1.14. The van der Waals surface area contributed by atoms with Crippen LogP contribution in [0, 0.1) is 0 Å². The van der Waals surface area contributed by atoms with Crippen molar-refractivity contribution < 1.29 is 19.4 Å². The number of carbonyl (C=O) groups is 2. The quantitative estimate of drug-likeness (QED) is 0.491. The molecular weight excluding hydrogens is 212 g/mol. The Balaban J connectivity index is 4.20. The minimum Gasteiger partial charge on any atom is -0.467 e. The highest BCUT2D eigenvalue weighted by Gasteiger charge is 2.20. The number of ether oxygens (including phenoxy) is 1. The molecule has 16 heavy (non-hydrogen) atoms. The standard InChI is InChI=1S/C10H20N2O4/c1-4-8(6-13)11-5-9(10(15)16-3)12-7(2)14/h8-9,11,13H,4-6H2,1-3H3,(H,12,14). The molecule has 0 saturated heterocycles. The number of rotatable bonds is 7. The molecule has 6 nitrogen and oxygen atoms in total. The summed E-state index contributed by atoms with van der Waals surface area (Å²) in [6, 6.07) is -0.802. The molecule has 1 amide bonds. The molecule has 6 heteroatoms. The molecule has 0 aromatic carbocycles. The van der Waals surface area contributed by atoms with Crippen LogP contribution in [0.25, 0.3) is 0 Å². The van der Waals surface area contributed by atoms with E-state index < -0.39 is 12.0 Å². The van der Waals surface area contributed by atoms with Crippen LogP contribution >= 0.6 is 0 Å². The van der Waals surface area contributed by atoms with Gasteiger partial charge in [-0.3, -0.25) is 4.79 Å². The summed E-state index contributed by atoms with van der Waals surface area (Å²) in [4.78, 5) is 22.2. The second-order valence-corrected chi connectivity index (χ2v) is 3.47. The van der Waals surface area contributed by atoms with E-state index >= 15 is 0 Å². The maximum Gasteiger partial charge on any atom is 0.329 e. The molecule has 0 aliphatic rings. The van der Waals surface area contributed by atoms with Crippen molar-refractivity contribution in [3.05, 3.63) is 0 Å². The third kappa shape index (κ3) is 5.67. The maximum absolute atomic E-state index is 11.3. The first-order chi connectivity index (χ1) is 7.54. The summed E-state index contributed by atoms with van der Waals surface area (Å²) in [5.41, 5.74) is 0. The van der Waals surface area contributed by atoms with Crippen LogP contribution in [-0.2, 0) is 14.3 Å². The Morgan fingerprint density at radius 2 is 2.06 bits per heavy atom. The van der Waals surface area contributed by atoms with Crippen LogP contribution in [0.15, 0.2) is 0 Å². The third-order valence-corrected chi connectivity index (χ3v) is 2.19. The van der Waals surface area contributed by atoms with Gasteiger partial charge in [0.05, 0.1) is 13.7 Å². The van der Waals surface area contributed by atoms with E-state index in [0.29, 0.717) is 0 Å². The average Bonchev–Trinajstić information content (AvgIpc) is 2.27. The molecule has 0 aromatic rings. The summed E-state index contributed by atoms with van der Waals surface area (Å²) in [5.74, 6) is -0.801. The van der Waals surface area contributed by atoms with Crippen LogP contribution in [0.2, 0.25) is 0 Å². The van der Waals surface area contributed by atoms with Crippen LogP contribution in [0.4, 0.5) is 0 Å². The molecule has 0 aromatic heterocycles. The monoisotopic (exact) mass is 232 g/mol. The van der Waals surface area contributed by atoms with Crippen molar-refractivity contribution in [1.82, 2.24) is 10.6 Å². The van der Waals surface area contributed by atoms with E-state index in [1.807, 2.05) is 6.92 Å². The topological polar surface area (TPSA) is 87.7 Å². The first-order valence-electron chi connectivity index (χ1n) is 5.24. The molecule has 0 rings (SSSR count). The van der Waals surface area contributed by atoms with Crippen molar-refractivity contribution >= 4 is 11.9 Å². The number of amides is 1. The summed E-state index contributed by atoms with van der Waals surface area (Å²) in [6.45, 7) is 3.48. The van der Waals surface area contributed by atoms with Gasteiger partial charge in [0.1, 0.15) is 6.04 Å². The van der Waals surface area contributed by atoms with Gasteiger partial charge in [-0.2, -0.15) is 0 Å². The second kappa shape index (κ2) is 8.06. The molecule has 2 atom stereocenters. The van der Waals surface area contributed by atoms with Gasteiger partial charge < -0.3 is 20.5 Å². The Labute approximate surface area is 95.4 Å². The van der Waals surface area contributed by atoms with Gasteiger partial charge in [-0.25, -0.2) is 4.79 Å². The molecule has 0 radical (unpaired) electrons. The smallest absolute Gasteiger partial charge is 0.329 e. The van der Waals surface area contributed by atoms with E-state index in [1.54, 1.807) is 0 Å². The predicted molar refractivity (Wildman–Crippen MR) is 58.8 cm³/mol. The predicted octanol–water partition coefficient (Wildman–Crippen LogP) is -0.975. The van der Waals surface area contributed by atoms with Gasteiger partial charge >= 0.3 is 5.97 Å². The highest BCUT2D eigenvalue weighted by Crippen LogP contribution is 1.92. The molecular formula is C10H20N2O4. The van der Waals surface area contributed by atoms with E-state index in [9.17, 15) is 9.59 Å². The van der Waals surface area contributed by atoms with Crippen LogP contribution in [-0.4, -0.2) is 49.3 Å². The van der Waals surface area contributed by atoms with Gasteiger partial charge in [-0.1, -0.05) is 6.92 Å². The van der Waals surface area contributed by atoms with Crippen LogP contribution in [0.3, 0.4) is 0 Å². The van der Waals surface area contributed by atoms with Crippen molar-refractivity contribution in [2.45, 2.75) is 32.4 Å². The Morgan fingerprint density at radius 1 is 1.44 bits per heavy atom. The fourth-order valence-electron chi connectivity index (χ4n) is 1.20. The molecule has 0 spiro atoms. The summed E-state index contributed by atoms with van der Waals surface area (Å²) in [7, 11) is 1.26. The van der Waals surface area contributed by atoms with Gasteiger partial charge in [0.15, 0.2) is 0 Å². The fraction of sp³-hybridized carbons (Fsp3) is 0.800. The number of nitrogens with one attached hydrogen (secondary N) is 2. The SMILES string of the molecule is CCC(CO)NCC(NC(C)=O)C(=O)OC. The second-order valence-electron chi connectivity index (χ2n) is 3.47. The number of hydrogen-bond acceptors (Lipinski definition) is 5. The molecule has 0 aliphatic heterocycles. The van der Waals surface area contributed by atoms with E-state index in [2.05, 4.69) is 15.4 Å². The summed E-state index contributed by atoms with van der Waals surface area (Å²) < 4.78 is 4.56. The van der Waals surface area contributed by atoms with E-state index in [-0.39, 0.29) is 25.1 Å². The molecule has 0 saturated carbocycles. The Bertz CT molecular complexity index is 229. The number of hydrogen-bond donors (Lipinski definition) is 3. The normalized spacial score (nSPS) is 14.0. The molecule has 0 heterocycles. The lowest BCUT2D eigenvalue weighted by Gasteiger charge is -2.19. The lowest BCUT2D eigenvalue weighted by Crippen LogP contribution is -2.49. The van der Waals surface area contributed by atoms with Gasteiger partial charge in [-0.15, -0.1) is 0 Å². The van der Waals surface area contributed by atoms with Crippen LogP contribution < -0.4 is 10.6 Å². The van der Waals surface area contributed by atoms with Gasteiger partial charge in [0.2, 0.25) is 5.91 Å². The van der Waals surface area contributed by atoms with E-state index in [4.69, 9.17) is 5.11 Å². The number of methoxy groups -OCH3 is 1. The van der Waals surface area contributed by atoms with Crippen molar-refractivity contribution in [2.24, 2.45) is 0 Å². The highest BCUT2D eigenvalue weighted by molar-refractivity contribution is 5.83. The van der Waals surface area contributed by atoms with Gasteiger partial charge in [0, 0.05) is 19.5 Å². The first-order valence-corrected chi connectivity index (χ1v) is 5.24. The molecule has 2 unspecified atom stereocenters. The lowest BCUT2D eigenvalue weighted by molar-refractivity contribution is -0.144. The Morgan fingerprint density at radius 3 is 2.44 bits per heavy atom. The highest BCUT2D eigenvalue weighted by atomic mass is 16.5. The van der Waals surface area contributed by atoms with Crippen molar-refractivity contribution in [1.29, 1.82) is 0 Å². The number of esters is 1. The summed E-state index contributed by atoms with van der Waals surface area (Å²) in [6.07, 6.45) is 0.741. The van der Waals surface area contributed by atoms with Crippen LogP contribution in [0.1, 0.15) is 20.3 Å². The average molecular weight is 232 g/mol. The minimum atomic E-state index is -0.719. The number of carbonyl (C=O) groups excluding carboxylic acids is 2. The van der Waals surface area contributed by atoms with E-state index in [1.165, 1.54) is 14.0 Å². The largest absolute Gasteiger partial charge is 0.467 e. The lowest BCUT2D eigenvalue weighted by atomic mass is 10.2. The minimum absolute atomic E-state index is 0.00946. The summed E-state index contributed by atoms with van der Waals surface area (Å²) >= 11 is 0. The zero-order chi connectivity index (χ0) is 12.6. The Kier molecular flexibility index (Phi) is 7.49. The maximum atomic E-state index is 11.3. The van der Waals surface area contributed by atoms with Crippen molar-refractivity contribution in [3.8, 4) is 0 Å². The third-order valence-electron chi connectivity index (χ3n) is 2.19. The number of aliphatic hydroxyl groups is 1. The fourth-order valence-corrected chi connectivity index (χ4v) is 1.20. The van der Waals surface area contributed by atoms with Crippen molar-refractivity contribution in [3.63, 3.8) is 0 Å². The van der Waals surface area contributed by atoms with Gasteiger partial charge in [-0.05, 0) is 6.42 Å². The van der Waals surface area contributed by atoms with Crippen LogP contribution in [0.5, 0.6) is 0 Å².